The van der Waals surface area contributed by atoms with Crippen molar-refractivity contribution in [2.24, 2.45) is 0 Å². The summed E-state index contributed by atoms with van der Waals surface area (Å²) in [4.78, 5) is 22.2. The molecule has 1 N–H and O–H groups in total. The molecule has 4 nitrogen and oxygen atoms in total. The number of hydrogen-bond donors (Lipinski definition) is 1. The molecular weight excluding hydrogens is 291 g/mol. The van der Waals surface area contributed by atoms with E-state index in [1.54, 1.807) is 0 Å². The van der Waals surface area contributed by atoms with Crippen LogP contribution < -0.4 is 5.56 Å². The predicted octanol–water partition coefficient (Wildman–Crippen LogP) is 3.17. The van der Waals surface area contributed by atoms with Gasteiger partial charge in [0.2, 0.25) is 0 Å². The molecule has 0 aliphatic heterocycles. The lowest BCUT2D eigenvalue weighted by Crippen LogP contribution is -2.15. The minimum Gasteiger partial charge on any atom is -0.310 e. The highest BCUT2D eigenvalue weighted by Crippen LogP contribution is 2.36. The third-order valence-corrected chi connectivity index (χ3v) is 3.72. The molecule has 8 heteroatoms. The van der Waals surface area contributed by atoms with Crippen molar-refractivity contribution in [1.82, 2.24) is 15.0 Å². The Balaban J connectivity index is 2.52. The van der Waals surface area contributed by atoms with Crippen molar-refractivity contribution in [1.29, 1.82) is 0 Å². The van der Waals surface area contributed by atoms with Crippen LogP contribution in [0.25, 0.3) is 10.6 Å². The highest BCUT2D eigenvalue weighted by molar-refractivity contribution is 7.15. The normalized spacial score (nSPS) is 11.8. The number of nitrogens with one attached hydrogen (secondary N) is 1. The summed E-state index contributed by atoms with van der Waals surface area (Å²) in [6, 6.07) is 0. The molecule has 0 bridgehead atoms. The highest BCUT2D eigenvalue weighted by Gasteiger charge is 2.35. The van der Waals surface area contributed by atoms with Gasteiger partial charge in [0.05, 0.1) is 10.6 Å². The predicted molar refractivity (Wildman–Crippen MR) is 69.7 cm³/mol. The third kappa shape index (κ3) is 2.90. The van der Waals surface area contributed by atoms with Crippen LogP contribution in [-0.4, -0.2) is 15.0 Å². The van der Waals surface area contributed by atoms with Crippen molar-refractivity contribution in [3.63, 3.8) is 0 Å². The molecule has 108 valence electrons. The Morgan fingerprint density at radius 2 is 2.10 bits per heavy atom. The minimum absolute atomic E-state index is 0.248. The van der Waals surface area contributed by atoms with Crippen molar-refractivity contribution < 1.29 is 13.2 Å². The van der Waals surface area contributed by atoms with E-state index in [1.807, 2.05) is 6.92 Å². The second kappa shape index (κ2) is 5.35. The first kappa shape index (κ1) is 14.7. The SMILES string of the molecule is CCCc1nc(-c2cnc(C(F)(F)F)s2)c(C)c(=O)[nH]1. The van der Waals surface area contributed by atoms with E-state index in [-0.39, 0.29) is 16.1 Å². The Labute approximate surface area is 116 Å². The number of aryl methyl sites for hydroxylation is 1. The number of aromatic amines is 1. The molecule has 2 heterocycles. The molecule has 0 aromatic carbocycles. The van der Waals surface area contributed by atoms with Gasteiger partial charge in [0, 0.05) is 18.2 Å². The number of aromatic nitrogens is 3. The molecule has 0 atom stereocenters. The maximum atomic E-state index is 12.6. The molecule has 2 aromatic rings. The van der Waals surface area contributed by atoms with E-state index in [0.29, 0.717) is 29.1 Å². The Morgan fingerprint density at radius 3 is 2.65 bits per heavy atom. The maximum Gasteiger partial charge on any atom is 0.443 e. The molecule has 0 unspecified atom stereocenters. The van der Waals surface area contributed by atoms with Gasteiger partial charge in [-0.3, -0.25) is 4.79 Å². The van der Waals surface area contributed by atoms with Gasteiger partial charge >= 0.3 is 6.18 Å². The Hall–Kier alpha value is -1.70. The first-order chi connectivity index (χ1) is 9.32. The number of nitrogens with zero attached hydrogens (tertiary/aromatic N) is 2. The van der Waals surface area contributed by atoms with E-state index in [1.165, 1.54) is 6.92 Å². The number of H-pyrrole nitrogens is 1. The molecular formula is C12H12F3N3OS. The summed E-state index contributed by atoms with van der Waals surface area (Å²) in [6.07, 6.45) is -2.03. The van der Waals surface area contributed by atoms with Gasteiger partial charge in [-0.25, -0.2) is 9.97 Å². The summed E-state index contributed by atoms with van der Waals surface area (Å²) >= 11 is 0.491. The second-order valence-corrected chi connectivity index (χ2v) is 5.29. The first-order valence-corrected chi connectivity index (χ1v) is 6.77. The fourth-order valence-corrected chi connectivity index (χ4v) is 2.52. The number of thiazole rings is 1. The number of hydrogen-bond acceptors (Lipinski definition) is 4. The zero-order valence-electron chi connectivity index (χ0n) is 10.8. The summed E-state index contributed by atoms with van der Waals surface area (Å²) in [5.41, 5.74) is 0.229. The molecule has 0 radical (unpaired) electrons. The highest BCUT2D eigenvalue weighted by atomic mass is 32.1. The zero-order valence-corrected chi connectivity index (χ0v) is 11.7. The molecule has 0 amide bonds. The summed E-state index contributed by atoms with van der Waals surface area (Å²) in [5.74, 6) is 0.472. The third-order valence-electron chi connectivity index (χ3n) is 2.67. The van der Waals surface area contributed by atoms with E-state index in [9.17, 15) is 18.0 Å². The van der Waals surface area contributed by atoms with Crippen LogP contribution in [0.1, 0.15) is 29.7 Å². The summed E-state index contributed by atoms with van der Waals surface area (Å²) < 4.78 is 37.7. The van der Waals surface area contributed by atoms with Crippen LogP contribution in [0.4, 0.5) is 13.2 Å². The average molecular weight is 303 g/mol. The van der Waals surface area contributed by atoms with Gasteiger partial charge < -0.3 is 4.98 Å². The molecule has 0 aliphatic carbocycles. The first-order valence-electron chi connectivity index (χ1n) is 5.96. The smallest absolute Gasteiger partial charge is 0.310 e. The van der Waals surface area contributed by atoms with Crippen LogP contribution in [0, 0.1) is 6.92 Å². The monoisotopic (exact) mass is 303 g/mol. The van der Waals surface area contributed by atoms with E-state index < -0.39 is 11.2 Å². The number of rotatable bonds is 3. The quantitative estimate of drug-likeness (QED) is 0.947. The molecule has 0 spiro atoms. The standard InChI is InChI=1S/C12H12F3N3OS/c1-3-4-8-17-9(6(2)10(19)18-8)7-5-16-11(20-7)12(13,14)15/h5H,3-4H2,1-2H3,(H,17,18,19). The van der Waals surface area contributed by atoms with Crippen molar-refractivity contribution in [3.8, 4) is 10.6 Å². The molecule has 20 heavy (non-hydrogen) atoms. The van der Waals surface area contributed by atoms with Crippen LogP contribution in [0.2, 0.25) is 0 Å². The van der Waals surface area contributed by atoms with Gasteiger partial charge in [0.15, 0.2) is 5.01 Å². The van der Waals surface area contributed by atoms with E-state index in [4.69, 9.17) is 0 Å². The summed E-state index contributed by atoms with van der Waals surface area (Å²) in [5, 5.41) is -0.939. The lowest BCUT2D eigenvalue weighted by Gasteiger charge is -2.05. The lowest BCUT2D eigenvalue weighted by atomic mass is 10.2. The Bertz CT molecular complexity index is 675. The molecule has 0 aliphatic rings. The molecule has 2 aromatic heterocycles. The fraction of sp³-hybridized carbons (Fsp3) is 0.417. The van der Waals surface area contributed by atoms with Crippen molar-refractivity contribution in [2.75, 3.05) is 0 Å². The van der Waals surface area contributed by atoms with Crippen LogP contribution in [0.3, 0.4) is 0 Å². The molecule has 2 rings (SSSR count). The van der Waals surface area contributed by atoms with Gasteiger partial charge in [0.25, 0.3) is 5.56 Å². The van der Waals surface area contributed by atoms with Crippen molar-refractivity contribution in [2.45, 2.75) is 32.9 Å². The fourth-order valence-electron chi connectivity index (χ4n) is 1.69. The van der Waals surface area contributed by atoms with Gasteiger partial charge in [-0.1, -0.05) is 6.92 Å². The molecule has 0 fully saturated rings. The minimum atomic E-state index is -4.48. The topological polar surface area (TPSA) is 58.6 Å². The van der Waals surface area contributed by atoms with Gasteiger partial charge in [0.1, 0.15) is 5.82 Å². The van der Waals surface area contributed by atoms with E-state index >= 15 is 0 Å². The summed E-state index contributed by atoms with van der Waals surface area (Å²) in [6.45, 7) is 3.46. The molecule has 0 saturated carbocycles. The van der Waals surface area contributed by atoms with E-state index in [2.05, 4.69) is 15.0 Å². The van der Waals surface area contributed by atoms with Crippen molar-refractivity contribution in [3.05, 3.63) is 32.9 Å². The van der Waals surface area contributed by atoms with E-state index in [0.717, 1.165) is 12.6 Å². The number of alkyl halides is 3. The van der Waals surface area contributed by atoms with Crippen LogP contribution in [0.5, 0.6) is 0 Å². The van der Waals surface area contributed by atoms with Crippen LogP contribution in [-0.2, 0) is 12.6 Å². The Morgan fingerprint density at radius 1 is 1.40 bits per heavy atom. The van der Waals surface area contributed by atoms with Gasteiger partial charge in [-0.2, -0.15) is 13.2 Å². The average Bonchev–Trinajstić information content (AvgIpc) is 2.83. The van der Waals surface area contributed by atoms with Crippen LogP contribution in [0.15, 0.2) is 11.0 Å². The molecule has 0 saturated heterocycles. The van der Waals surface area contributed by atoms with Crippen LogP contribution >= 0.6 is 11.3 Å². The Kier molecular flexibility index (Phi) is 3.94. The summed E-state index contributed by atoms with van der Waals surface area (Å²) in [7, 11) is 0. The maximum absolute atomic E-state index is 12.6. The largest absolute Gasteiger partial charge is 0.443 e. The zero-order chi connectivity index (χ0) is 14.9. The van der Waals surface area contributed by atoms with Crippen molar-refractivity contribution >= 4 is 11.3 Å². The van der Waals surface area contributed by atoms with Gasteiger partial charge in [-0.05, 0) is 13.3 Å². The second-order valence-electron chi connectivity index (χ2n) is 4.26. The lowest BCUT2D eigenvalue weighted by molar-refractivity contribution is -0.137. The van der Waals surface area contributed by atoms with Gasteiger partial charge in [-0.15, -0.1) is 11.3 Å². The number of halogens is 3.